The van der Waals surface area contributed by atoms with E-state index in [1.807, 2.05) is 0 Å². The fraction of sp³-hybridized carbons (Fsp3) is 0.600. The molecule has 11 heavy (non-hydrogen) atoms. The van der Waals surface area contributed by atoms with Crippen molar-refractivity contribution < 1.29 is 37.1 Å². The number of carboxylic acid groups (broad SMARTS) is 1. The van der Waals surface area contributed by atoms with E-state index in [4.69, 9.17) is 16.6 Å². The van der Waals surface area contributed by atoms with Crippen LogP contribution in [0.2, 0.25) is 0 Å². The number of hydrogen-bond donors (Lipinski definition) is 3. The van der Waals surface area contributed by atoms with Gasteiger partial charge >= 0.3 is 28.3 Å². The first-order chi connectivity index (χ1) is 4.54. The molecule has 0 aromatic rings. The second-order valence-corrected chi connectivity index (χ2v) is 1.95. The normalized spacial score (nSPS) is 11.4. The summed E-state index contributed by atoms with van der Waals surface area (Å²) in [6.07, 6.45) is 0.123. The van der Waals surface area contributed by atoms with Crippen LogP contribution in [-0.2, 0) is 32.0 Å². The summed E-state index contributed by atoms with van der Waals surface area (Å²) in [6.45, 7) is 0. The van der Waals surface area contributed by atoms with Gasteiger partial charge in [0.1, 0.15) is 6.04 Å². The van der Waals surface area contributed by atoms with Gasteiger partial charge in [0, 0.05) is 6.42 Å². The van der Waals surface area contributed by atoms with E-state index in [1.54, 1.807) is 0 Å². The number of amides is 1. The summed E-state index contributed by atoms with van der Waals surface area (Å²) in [7, 11) is 0. The molecule has 0 aromatic heterocycles. The molecule has 1 unspecified atom stereocenters. The van der Waals surface area contributed by atoms with E-state index in [2.05, 4.69) is 0 Å². The van der Waals surface area contributed by atoms with Crippen LogP contribution in [0.4, 0.5) is 0 Å². The van der Waals surface area contributed by atoms with Crippen molar-refractivity contribution in [2.45, 2.75) is 18.9 Å². The Labute approximate surface area is 79.6 Å². The zero-order chi connectivity index (χ0) is 8.15. The summed E-state index contributed by atoms with van der Waals surface area (Å²) < 4.78 is 0. The minimum Gasteiger partial charge on any atom is -0.480 e. The molecule has 1 amide bonds. The van der Waals surface area contributed by atoms with Gasteiger partial charge < -0.3 is 16.6 Å². The number of rotatable bonds is 4. The number of hydrogen-bond acceptors (Lipinski definition) is 3. The Morgan fingerprint density at radius 3 is 2.18 bits per heavy atom. The Morgan fingerprint density at radius 1 is 1.45 bits per heavy atom. The third-order valence-corrected chi connectivity index (χ3v) is 1.02. The third kappa shape index (κ3) is 7.54. The molecule has 6 heteroatoms. The van der Waals surface area contributed by atoms with Crippen molar-refractivity contribution in [2.24, 2.45) is 11.5 Å². The van der Waals surface area contributed by atoms with E-state index in [-0.39, 0.29) is 35.2 Å². The first-order valence-corrected chi connectivity index (χ1v) is 2.80. The molecule has 0 saturated carbocycles. The van der Waals surface area contributed by atoms with Crippen molar-refractivity contribution in [3.63, 3.8) is 0 Å². The Bertz CT molecular complexity index is 151. The topological polar surface area (TPSA) is 106 Å². The molecule has 0 rings (SSSR count). The number of nitrogens with two attached hydrogens (primary N) is 2. The summed E-state index contributed by atoms with van der Waals surface area (Å²) in [6, 6.07) is -0.979. The van der Waals surface area contributed by atoms with Crippen LogP contribution in [0.25, 0.3) is 0 Å². The first-order valence-electron chi connectivity index (χ1n) is 2.80. The monoisotopic (exact) mass is 253 g/mol. The van der Waals surface area contributed by atoms with Gasteiger partial charge in [-0.1, -0.05) is 0 Å². The molecule has 0 aromatic carbocycles. The van der Waals surface area contributed by atoms with E-state index >= 15 is 0 Å². The molecule has 0 fully saturated rings. The summed E-state index contributed by atoms with van der Waals surface area (Å²) >= 11 is 0. The van der Waals surface area contributed by atoms with Gasteiger partial charge in [0.2, 0.25) is 5.91 Å². The largest absolute Gasteiger partial charge is 1.00 e. The molecule has 0 spiro atoms. The first kappa shape index (κ1) is 13.2. The molecular weight excluding hydrogens is 244 g/mol. The SMILES string of the molecule is NC(=O)CCC(N)C(=O)O.[Ag+]. The van der Waals surface area contributed by atoms with Crippen molar-refractivity contribution >= 4 is 11.9 Å². The Hall–Kier alpha value is -0.360. The van der Waals surface area contributed by atoms with E-state index in [0.717, 1.165) is 0 Å². The quantitative estimate of drug-likeness (QED) is 0.540. The zero-order valence-corrected chi connectivity index (χ0v) is 7.19. The molecule has 0 saturated heterocycles. The predicted octanol–water partition coefficient (Wildman–Crippen LogP) is -1.34. The van der Waals surface area contributed by atoms with Gasteiger partial charge in [0.25, 0.3) is 0 Å². The summed E-state index contributed by atoms with van der Waals surface area (Å²) in [5.41, 5.74) is 9.81. The van der Waals surface area contributed by atoms with Crippen LogP contribution in [0.15, 0.2) is 0 Å². The van der Waals surface area contributed by atoms with E-state index in [1.165, 1.54) is 0 Å². The second-order valence-electron chi connectivity index (χ2n) is 1.95. The predicted molar refractivity (Wildman–Crippen MR) is 34.0 cm³/mol. The number of primary amides is 1. The van der Waals surface area contributed by atoms with Gasteiger partial charge in [-0.2, -0.15) is 0 Å². The Kier molecular flexibility index (Phi) is 7.65. The standard InChI is InChI=1S/C5H10N2O3.Ag/c6-3(5(9)10)1-2-4(7)8;/h3H,1-2,6H2,(H2,7,8)(H,9,10);/q;+1. The molecule has 0 bridgehead atoms. The Morgan fingerprint density at radius 2 is 1.91 bits per heavy atom. The van der Waals surface area contributed by atoms with Crippen molar-refractivity contribution in [1.82, 2.24) is 0 Å². The van der Waals surface area contributed by atoms with Gasteiger partial charge in [-0.15, -0.1) is 0 Å². The van der Waals surface area contributed by atoms with Crippen LogP contribution in [0.3, 0.4) is 0 Å². The zero-order valence-electron chi connectivity index (χ0n) is 5.71. The van der Waals surface area contributed by atoms with Crippen LogP contribution in [0.1, 0.15) is 12.8 Å². The Balaban J connectivity index is 0. The average Bonchev–Trinajstić information content (AvgIpc) is 1.82. The second kappa shape index (κ2) is 6.36. The minimum atomic E-state index is -1.11. The molecule has 0 aliphatic rings. The van der Waals surface area contributed by atoms with E-state index < -0.39 is 17.9 Å². The molecule has 0 heterocycles. The molecule has 5 nitrogen and oxygen atoms in total. The van der Waals surface area contributed by atoms with Crippen LogP contribution >= 0.6 is 0 Å². The van der Waals surface area contributed by atoms with Crippen molar-refractivity contribution in [3.05, 3.63) is 0 Å². The van der Waals surface area contributed by atoms with Gasteiger partial charge in [-0.05, 0) is 6.42 Å². The van der Waals surface area contributed by atoms with Gasteiger partial charge in [-0.3, -0.25) is 9.59 Å². The van der Waals surface area contributed by atoms with Crippen LogP contribution in [0, 0.1) is 0 Å². The summed E-state index contributed by atoms with van der Waals surface area (Å²) in [5.74, 6) is -1.64. The number of aliphatic carboxylic acids is 1. The van der Waals surface area contributed by atoms with Crippen molar-refractivity contribution in [2.75, 3.05) is 0 Å². The van der Waals surface area contributed by atoms with Gasteiger partial charge in [-0.25, -0.2) is 0 Å². The fourth-order valence-electron chi connectivity index (χ4n) is 0.421. The van der Waals surface area contributed by atoms with Crippen LogP contribution in [-0.4, -0.2) is 23.0 Å². The maximum atomic E-state index is 10.1. The molecular formula is C5H10AgN2O3+. The van der Waals surface area contributed by atoms with Crippen molar-refractivity contribution in [1.29, 1.82) is 0 Å². The number of carbonyl (C=O) groups is 2. The average molecular weight is 254 g/mol. The number of carboxylic acids is 1. The van der Waals surface area contributed by atoms with Gasteiger partial charge in [0.15, 0.2) is 0 Å². The summed E-state index contributed by atoms with van der Waals surface area (Å²) in [5, 5.41) is 8.22. The smallest absolute Gasteiger partial charge is 0.480 e. The third-order valence-electron chi connectivity index (χ3n) is 1.02. The van der Waals surface area contributed by atoms with Gasteiger partial charge in [0.05, 0.1) is 0 Å². The minimum absolute atomic E-state index is 0. The molecule has 5 N–H and O–H groups in total. The maximum absolute atomic E-state index is 10.1. The fourth-order valence-corrected chi connectivity index (χ4v) is 0.421. The molecule has 0 aliphatic carbocycles. The van der Waals surface area contributed by atoms with E-state index in [0.29, 0.717) is 0 Å². The van der Waals surface area contributed by atoms with E-state index in [9.17, 15) is 9.59 Å². The molecule has 68 valence electrons. The molecule has 0 radical (unpaired) electrons. The maximum Gasteiger partial charge on any atom is 1.00 e. The van der Waals surface area contributed by atoms with Crippen LogP contribution < -0.4 is 11.5 Å². The van der Waals surface area contributed by atoms with Crippen LogP contribution in [0.5, 0.6) is 0 Å². The molecule has 1 atom stereocenters. The summed E-state index contributed by atoms with van der Waals surface area (Å²) in [4.78, 5) is 20.1. The van der Waals surface area contributed by atoms with Crippen molar-refractivity contribution in [3.8, 4) is 0 Å². The molecule has 0 aliphatic heterocycles. The number of carbonyl (C=O) groups excluding carboxylic acids is 1.